The Hall–Kier alpha value is -0.990. The lowest BCUT2D eigenvalue weighted by molar-refractivity contribution is -0.108. The van der Waals surface area contributed by atoms with Crippen LogP contribution in [-0.4, -0.2) is 17.3 Å². The molecule has 120 valence electrons. The lowest BCUT2D eigenvalue weighted by atomic mass is 10.2. The van der Waals surface area contributed by atoms with Crippen molar-refractivity contribution in [2.24, 2.45) is 5.73 Å². The fourth-order valence-electron chi connectivity index (χ4n) is 2.17. The number of aromatic nitrogens is 1. The molecule has 0 aliphatic heterocycles. The van der Waals surface area contributed by atoms with Crippen LogP contribution in [0.5, 0.6) is 0 Å². The molecule has 3 rings (SSSR count). The van der Waals surface area contributed by atoms with Crippen molar-refractivity contribution in [3.63, 3.8) is 0 Å². The lowest BCUT2D eigenvalue weighted by Crippen LogP contribution is -2.23. The number of hydrogen-bond acceptors (Lipinski definition) is 6. The van der Waals surface area contributed by atoms with E-state index in [-0.39, 0.29) is 0 Å². The van der Waals surface area contributed by atoms with Gasteiger partial charge in [-0.3, -0.25) is 0 Å². The van der Waals surface area contributed by atoms with Crippen molar-refractivity contribution in [2.75, 3.05) is 5.32 Å². The summed E-state index contributed by atoms with van der Waals surface area (Å²) in [5, 5.41) is 5.89. The standard InChI is InChI=1S/C15H13BrClN3OS2/c16-13-11(4-8(18)7-21)23-15-10(5-12(17)20-14(13)15)19-6-9-2-1-3-22-9/h1-3,5,7-8H,4,6,18H2,(H,19,20)/t8-/m0/s1. The van der Waals surface area contributed by atoms with E-state index in [1.54, 1.807) is 22.7 Å². The van der Waals surface area contributed by atoms with Gasteiger partial charge in [0.05, 0.1) is 26.4 Å². The summed E-state index contributed by atoms with van der Waals surface area (Å²) in [6, 6.07) is 5.41. The fraction of sp³-hybridized carbons (Fsp3) is 0.200. The third-order valence-corrected chi connectivity index (χ3v) is 6.67. The summed E-state index contributed by atoms with van der Waals surface area (Å²) < 4.78 is 1.86. The number of fused-ring (bicyclic) bond motifs is 1. The molecule has 0 fully saturated rings. The molecule has 0 aromatic carbocycles. The topological polar surface area (TPSA) is 68.0 Å². The molecule has 3 aromatic rings. The van der Waals surface area contributed by atoms with Crippen molar-refractivity contribution >= 4 is 72.4 Å². The Morgan fingerprint density at radius 1 is 1.52 bits per heavy atom. The van der Waals surface area contributed by atoms with E-state index in [0.717, 1.165) is 38.1 Å². The van der Waals surface area contributed by atoms with Gasteiger partial charge in [0.1, 0.15) is 11.4 Å². The van der Waals surface area contributed by atoms with Crippen LogP contribution in [0.3, 0.4) is 0 Å². The molecule has 1 atom stereocenters. The lowest BCUT2D eigenvalue weighted by Gasteiger charge is -2.06. The second-order valence-corrected chi connectivity index (χ2v) is 8.26. The van der Waals surface area contributed by atoms with Crippen LogP contribution in [-0.2, 0) is 17.8 Å². The molecule has 8 heteroatoms. The van der Waals surface area contributed by atoms with Gasteiger partial charge in [-0.05, 0) is 27.4 Å². The van der Waals surface area contributed by atoms with E-state index in [4.69, 9.17) is 17.3 Å². The normalized spacial score (nSPS) is 12.5. The van der Waals surface area contributed by atoms with Gasteiger partial charge in [0.15, 0.2) is 0 Å². The van der Waals surface area contributed by atoms with Gasteiger partial charge in [0.2, 0.25) is 0 Å². The zero-order valence-corrected chi connectivity index (χ0v) is 15.9. The monoisotopic (exact) mass is 429 g/mol. The number of thiophene rings is 2. The number of halogens is 2. The predicted molar refractivity (Wildman–Crippen MR) is 102 cm³/mol. The van der Waals surface area contributed by atoms with Crippen LogP contribution < -0.4 is 11.1 Å². The number of aldehydes is 1. The first-order valence-electron chi connectivity index (χ1n) is 6.83. The summed E-state index contributed by atoms with van der Waals surface area (Å²) in [4.78, 5) is 17.4. The molecule has 0 bridgehead atoms. The minimum atomic E-state index is -0.516. The molecule has 3 aromatic heterocycles. The Bertz CT molecular complexity index is 835. The van der Waals surface area contributed by atoms with Gasteiger partial charge in [-0.25, -0.2) is 4.98 Å². The van der Waals surface area contributed by atoms with Crippen molar-refractivity contribution in [3.05, 3.63) is 43.0 Å². The highest BCUT2D eigenvalue weighted by Crippen LogP contribution is 2.40. The van der Waals surface area contributed by atoms with Gasteiger partial charge >= 0.3 is 0 Å². The van der Waals surface area contributed by atoms with Crippen LogP contribution in [0.4, 0.5) is 5.69 Å². The molecule has 3 N–H and O–H groups in total. The van der Waals surface area contributed by atoms with E-state index in [1.165, 1.54) is 4.88 Å². The highest BCUT2D eigenvalue weighted by Gasteiger charge is 2.17. The Morgan fingerprint density at radius 2 is 2.35 bits per heavy atom. The predicted octanol–water partition coefficient (Wildman–Crippen LogP) is 4.45. The summed E-state index contributed by atoms with van der Waals surface area (Å²) in [6.07, 6.45) is 1.24. The molecule has 0 saturated heterocycles. The van der Waals surface area contributed by atoms with E-state index in [0.29, 0.717) is 11.6 Å². The zero-order valence-electron chi connectivity index (χ0n) is 11.9. The van der Waals surface area contributed by atoms with E-state index >= 15 is 0 Å². The molecule has 0 saturated carbocycles. The van der Waals surface area contributed by atoms with Gasteiger partial charge in [-0.2, -0.15) is 0 Å². The van der Waals surface area contributed by atoms with Crippen LogP contribution in [0.2, 0.25) is 5.15 Å². The number of carbonyl (C=O) groups is 1. The molecule has 4 nitrogen and oxygen atoms in total. The van der Waals surface area contributed by atoms with E-state index in [9.17, 15) is 4.79 Å². The zero-order chi connectivity index (χ0) is 16.4. The summed E-state index contributed by atoms with van der Waals surface area (Å²) in [5.41, 5.74) is 7.47. The van der Waals surface area contributed by atoms with Crippen LogP contribution in [0.1, 0.15) is 9.75 Å². The first kappa shape index (κ1) is 16.9. The molecule has 0 unspecified atom stereocenters. The fourth-order valence-corrected chi connectivity index (χ4v) is 5.03. The van der Waals surface area contributed by atoms with Crippen LogP contribution in [0.25, 0.3) is 10.2 Å². The maximum atomic E-state index is 10.8. The van der Waals surface area contributed by atoms with Gasteiger partial charge in [-0.1, -0.05) is 17.7 Å². The van der Waals surface area contributed by atoms with E-state index < -0.39 is 6.04 Å². The van der Waals surface area contributed by atoms with Gasteiger partial charge in [0, 0.05) is 28.8 Å². The second-order valence-electron chi connectivity index (χ2n) is 4.95. The van der Waals surface area contributed by atoms with Crippen molar-refractivity contribution in [1.82, 2.24) is 4.98 Å². The number of rotatable bonds is 6. The Kier molecular flexibility index (Phi) is 5.33. The Balaban J connectivity index is 1.96. The Morgan fingerprint density at radius 3 is 3.04 bits per heavy atom. The highest BCUT2D eigenvalue weighted by atomic mass is 79.9. The number of nitrogens with two attached hydrogens (primary N) is 1. The summed E-state index contributed by atoms with van der Waals surface area (Å²) in [6.45, 7) is 0.728. The van der Waals surface area contributed by atoms with E-state index in [2.05, 4.69) is 32.3 Å². The number of anilines is 1. The highest BCUT2D eigenvalue weighted by molar-refractivity contribution is 9.10. The average Bonchev–Trinajstić information content (AvgIpc) is 3.15. The number of carbonyl (C=O) groups excluding carboxylic acids is 1. The smallest absolute Gasteiger partial charge is 0.137 e. The molecule has 0 aliphatic carbocycles. The Labute approximate surface area is 154 Å². The summed E-state index contributed by atoms with van der Waals surface area (Å²) in [7, 11) is 0. The van der Waals surface area contributed by atoms with Gasteiger partial charge < -0.3 is 15.8 Å². The van der Waals surface area contributed by atoms with Crippen molar-refractivity contribution < 1.29 is 4.79 Å². The summed E-state index contributed by atoms with van der Waals surface area (Å²) in [5.74, 6) is 0. The maximum absolute atomic E-state index is 10.8. The molecule has 23 heavy (non-hydrogen) atoms. The number of pyridine rings is 1. The first-order chi connectivity index (χ1) is 11.1. The van der Waals surface area contributed by atoms with Gasteiger partial charge in [-0.15, -0.1) is 22.7 Å². The molecular formula is C15H13BrClN3OS2. The molecule has 3 heterocycles. The number of hydrogen-bond donors (Lipinski definition) is 2. The number of nitrogens with zero attached hydrogens (tertiary/aromatic N) is 1. The van der Waals surface area contributed by atoms with Crippen molar-refractivity contribution in [3.8, 4) is 0 Å². The molecule has 0 radical (unpaired) electrons. The summed E-state index contributed by atoms with van der Waals surface area (Å²) >= 11 is 13.0. The second kappa shape index (κ2) is 7.27. The van der Waals surface area contributed by atoms with Crippen molar-refractivity contribution in [1.29, 1.82) is 0 Å². The SMILES string of the molecule is N[C@H](C=O)Cc1sc2c(NCc3cccs3)cc(Cl)nc2c1Br. The quantitative estimate of drug-likeness (QED) is 0.448. The molecule has 0 amide bonds. The molecular weight excluding hydrogens is 418 g/mol. The van der Waals surface area contributed by atoms with Gasteiger partial charge in [0.25, 0.3) is 0 Å². The third kappa shape index (κ3) is 3.75. The minimum absolute atomic E-state index is 0.427. The minimum Gasteiger partial charge on any atom is -0.379 e. The third-order valence-electron chi connectivity index (χ3n) is 3.25. The van der Waals surface area contributed by atoms with E-state index in [1.807, 2.05) is 17.5 Å². The van der Waals surface area contributed by atoms with Crippen LogP contribution >= 0.6 is 50.2 Å². The number of nitrogens with one attached hydrogen (secondary N) is 1. The average molecular weight is 431 g/mol. The van der Waals surface area contributed by atoms with Crippen molar-refractivity contribution in [2.45, 2.75) is 19.0 Å². The van der Waals surface area contributed by atoms with Crippen LogP contribution in [0, 0.1) is 0 Å². The first-order valence-corrected chi connectivity index (χ1v) is 9.69. The largest absolute Gasteiger partial charge is 0.379 e. The molecule has 0 aliphatic rings. The molecule has 0 spiro atoms. The van der Waals surface area contributed by atoms with Crippen LogP contribution in [0.15, 0.2) is 28.1 Å². The maximum Gasteiger partial charge on any atom is 0.137 e.